The Labute approximate surface area is 122 Å². The molecule has 2 rings (SSSR count). The largest absolute Gasteiger partial charge is 0.389 e. The van der Waals surface area contributed by atoms with Crippen LogP contribution in [-0.2, 0) is 0 Å². The second kappa shape index (κ2) is 6.16. The van der Waals surface area contributed by atoms with Gasteiger partial charge in [-0.1, -0.05) is 34.1 Å². The Morgan fingerprint density at radius 1 is 1.47 bits per heavy atom. The van der Waals surface area contributed by atoms with Gasteiger partial charge >= 0.3 is 0 Å². The van der Waals surface area contributed by atoms with Gasteiger partial charge in [0.25, 0.3) is 0 Å². The second-order valence-electron chi connectivity index (χ2n) is 5.53. The van der Waals surface area contributed by atoms with Gasteiger partial charge < -0.3 is 10.0 Å². The summed E-state index contributed by atoms with van der Waals surface area (Å²) in [6, 6.07) is 7.52. The second-order valence-corrected chi connectivity index (χ2v) is 6.38. The SMILES string of the molecule is CC1(O)CCCN(CCC(=O)c2ccccc2Br)C1. The lowest BCUT2D eigenvalue weighted by Gasteiger charge is -2.36. The highest BCUT2D eigenvalue weighted by molar-refractivity contribution is 9.10. The van der Waals surface area contributed by atoms with Crippen LogP contribution in [0, 0.1) is 0 Å². The van der Waals surface area contributed by atoms with Crippen LogP contribution in [0.25, 0.3) is 0 Å². The van der Waals surface area contributed by atoms with Crippen molar-refractivity contribution in [2.75, 3.05) is 19.6 Å². The van der Waals surface area contributed by atoms with Crippen molar-refractivity contribution in [3.05, 3.63) is 34.3 Å². The van der Waals surface area contributed by atoms with Crippen LogP contribution in [0.2, 0.25) is 0 Å². The zero-order valence-electron chi connectivity index (χ0n) is 11.2. The van der Waals surface area contributed by atoms with Gasteiger partial charge in [-0.15, -0.1) is 0 Å². The summed E-state index contributed by atoms with van der Waals surface area (Å²) in [6.45, 7) is 4.22. The summed E-state index contributed by atoms with van der Waals surface area (Å²) in [7, 11) is 0. The zero-order valence-corrected chi connectivity index (χ0v) is 12.8. The van der Waals surface area contributed by atoms with Crippen molar-refractivity contribution < 1.29 is 9.90 Å². The maximum atomic E-state index is 12.2. The number of benzene rings is 1. The Hall–Kier alpha value is -0.710. The van der Waals surface area contributed by atoms with E-state index in [0.717, 1.165) is 36.0 Å². The van der Waals surface area contributed by atoms with Crippen molar-refractivity contribution in [3.63, 3.8) is 0 Å². The maximum absolute atomic E-state index is 12.2. The molecule has 0 saturated carbocycles. The first-order valence-electron chi connectivity index (χ1n) is 6.70. The van der Waals surface area contributed by atoms with Gasteiger partial charge in [-0.05, 0) is 32.4 Å². The molecular formula is C15H20BrNO2. The number of hydrogen-bond donors (Lipinski definition) is 1. The Morgan fingerprint density at radius 2 is 2.21 bits per heavy atom. The summed E-state index contributed by atoms with van der Waals surface area (Å²) in [5.74, 6) is 0.151. The van der Waals surface area contributed by atoms with Crippen LogP contribution in [0.5, 0.6) is 0 Å². The Bertz CT molecular complexity index is 459. The van der Waals surface area contributed by atoms with Gasteiger partial charge in [0.2, 0.25) is 0 Å². The minimum absolute atomic E-state index is 0.151. The zero-order chi connectivity index (χ0) is 13.9. The fraction of sp³-hybridized carbons (Fsp3) is 0.533. The molecule has 1 aromatic rings. The molecule has 0 radical (unpaired) electrons. The highest BCUT2D eigenvalue weighted by atomic mass is 79.9. The van der Waals surface area contributed by atoms with Crippen LogP contribution in [0.15, 0.2) is 28.7 Å². The van der Waals surface area contributed by atoms with Gasteiger partial charge in [-0.2, -0.15) is 0 Å². The number of ketones is 1. The van der Waals surface area contributed by atoms with Crippen molar-refractivity contribution in [1.29, 1.82) is 0 Å². The van der Waals surface area contributed by atoms with Gasteiger partial charge in [0.15, 0.2) is 5.78 Å². The van der Waals surface area contributed by atoms with Gasteiger partial charge in [0, 0.05) is 29.5 Å². The Kier molecular flexibility index (Phi) is 4.76. The molecule has 0 bridgehead atoms. The van der Waals surface area contributed by atoms with Crippen LogP contribution in [0.3, 0.4) is 0 Å². The molecule has 0 aliphatic carbocycles. The molecule has 0 aromatic heterocycles. The van der Waals surface area contributed by atoms with Gasteiger partial charge in [0.1, 0.15) is 0 Å². The van der Waals surface area contributed by atoms with E-state index >= 15 is 0 Å². The molecular weight excluding hydrogens is 306 g/mol. The van der Waals surface area contributed by atoms with Crippen LogP contribution in [0.4, 0.5) is 0 Å². The molecule has 1 aliphatic heterocycles. The summed E-state index contributed by atoms with van der Waals surface area (Å²) >= 11 is 3.41. The van der Waals surface area contributed by atoms with Gasteiger partial charge in [-0.3, -0.25) is 4.79 Å². The summed E-state index contributed by atoms with van der Waals surface area (Å²) in [5, 5.41) is 10.0. The van der Waals surface area contributed by atoms with E-state index in [1.165, 1.54) is 0 Å². The van der Waals surface area contributed by atoms with E-state index < -0.39 is 5.60 Å². The molecule has 0 amide bonds. The highest BCUT2D eigenvalue weighted by Gasteiger charge is 2.28. The van der Waals surface area contributed by atoms with Crippen molar-refractivity contribution in [2.45, 2.75) is 31.8 Å². The molecule has 1 heterocycles. The van der Waals surface area contributed by atoms with E-state index in [0.29, 0.717) is 13.0 Å². The molecule has 1 fully saturated rings. The topological polar surface area (TPSA) is 40.5 Å². The lowest BCUT2D eigenvalue weighted by Crippen LogP contribution is -2.46. The Morgan fingerprint density at radius 3 is 2.89 bits per heavy atom. The standard InChI is InChI=1S/C15H20BrNO2/c1-15(19)8-4-9-17(11-15)10-7-14(18)12-5-2-3-6-13(12)16/h2-3,5-6,19H,4,7-11H2,1H3. The predicted molar refractivity (Wildman–Crippen MR) is 79.4 cm³/mol. The van der Waals surface area contributed by atoms with E-state index in [9.17, 15) is 9.90 Å². The number of aliphatic hydroxyl groups is 1. The summed E-state index contributed by atoms with van der Waals surface area (Å²) in [5.41, 5.74) is 0.139. The number of halogens is 1. The maximum Gasteiger partial charge on any atom is 0.165 e. The first kappa shape index (κ1) is 14.7. The normalized spacial score (nSPS) is 24.4. The number of hydrogen-bond acceptors (Lipinski definition) is 3. The highest BCUT2D eigenvalue weighted by Crippen LogP contribution is 2.21. The lowest BCUT2D eigenvalue weighted by molar-refractivity contribution is -0.0153. The number of carbonyl (C=O) groups excluding carboxylic acids is 1. The molecule has 4 heteroatoms. The molecule has 19 heavy (non-hydrogen) atoms. The number of likely N-dealkylation sites (tertiary alicyclic amines) is 1. The van der Waals surface area contributed by atoms with Crippen LogP contribution >= 0.6 is 15.9 Å². The number of β-amino-alcohol motifs (C(OH)–C–C–N with tert-alkyl or cyclic N) is 1. The minimum Gasteiger partial charge on any atom is -0.389 e. The first-order chi connectivity index (χ1) is 8.98. The van der Waals surface area contributed by atoms with E-state index in [4.69, 9.17) is 0 Å². The molecule has 3 nitrogen and oxygen atoms in total. The number of Topliss-reactive ketones (excluding diaryl/α,β-unsaturated/α-hetero) is 1. The summed E-state index contributed by atoms with van der Waals surface area (Å²) in [4.78, 5) is 14.3. The quantitative estimate of drug-likeness (QED) is 0.865. The molecule has 1 N–H and O–H groups in total. The van der Waals surface area contributed by atoms with Crippen LogP contribution in [0.1, 0.15) is 36.5 Å². The average molecular weight is 326 g/mol. The lowest BCUT2D eigenvalue weighted by atomic mass is 9.95. The molecule has 1 unspecified atom stereocenters. The monoisotopic (exact) mass is 325 g/mol. The molecule has 104 valence electrons. The fourth-order valence-electron chi connectivity index (χ4n) is 2.60. The van der Waals surface area contributed by atoms with E-state index in [-0.39, 0.29) is 5.78 Å². The third-order valence-corrected chi connectivity index (χ3v) is 4.27. The van der Waals surface area contributed by atoms with E-state index in [1.807, 2.05) is 31.2 Å². The fourth-order valence-corrected chi connectivity index (χ4v) is 3.10. The molecule has 1 aromatic carbocycles. The van der Waals surface area contributed by atoms with Crippen molar-refractivity contribution in [3.8, 4) is 0 Å². The Balaban J connectivity index is 1.89. The minimum atomic E-state index is -0.603. The molecule has 1 saturated heterocycles. The number of carbonyl (C=O) groups is 1. The molecule has 0 spiro atoms. The smallest absolute Gasteiger partial charge is 0.165 e. The predicted octanol–water partition coefficient (Wildman–Crippen LogP) is 2.87. The number of nitrogens with zero attached hydrogens (tertiary/aromatic N) is 1. The van der Waals surface area contributed by atoms with E-state index in [1.54, 1.807) is 0 Å². The number of rotatable bonds is 4. The molecule has 1 aliphatic rings. The first-order valence-corrected chi connectivity index (χ1v) is 7.50. The van der Waals surface area contributed by atoms with Gasteiger partial charge in [0.05, 0.1) is 5.60 Å². The van der Waals surface area contributed by atoms with Crippen LogP contribution in [-0.4, -0.2) is 41.0 Å². The molecule has 1 atom stereocenters. The van der Waals surface area contributed by atoms with Crippen molar-refractivity contribution in [2.24, 2.45) is 0 Å². The van der Waals surface area contributed by atoms with Gasteiger partial charge in [-0.25, -0.2) is 0 Å². The third kappa shape index (κ3) is 4.13. The van der Waals surface area contributed by atoms with Crippen molar-refractivity contribution in [1.82, 2.24) is 4.90 Å². The summed E-state index contributed by atoms with van der Waals surface area (Å²) in [6.07, 6.45) is 2.34. The van der Waals surface area contributed by atoms with Crippen molar-refractivity contribution >= 4 is 21.7 Å². The third-order valence-electron chi connectivity index (χ3n) is 3.58. The summed E-state index contributed by atoms with van der Waals surface area (Å²) < 4.78 is 0.852. The average Bonchev–Trinajstić information content (AvgIpc) is 2.35. The van der Waals surface area contributed by atoms with E-state index in [2.05, 4.69) is 20.8 Å². The number of piperidine rings is 1. The van der Waals surface area contributed by atoms with Crippen LogP contribution < -0.4 is 0 Å².